The van der Waals surface area contributed by atoms with E-state index in [9.17, 15) is 12.8 Å². The van der Waals surface area contributed by atoms with E-state index in [-0.39, 0.29) is 10.1 Å². The fourth-order valence-electron chi connectivity index (χ4n) is 2.09. The predicted octanol–water partition coefficient (Wildman–Crippen LogP) is 2.26. The van der Waals surface area contributed by atoms with E-state index in [1.165, 1.54) is 12.1 Å². The largest absolute Gasteiger partial charge is 0.242 e. The molecule has 1 saturated heterocycles. The van der Waals surface area contributed by atoms with Crippen LogP contribution in [-0.4, -0.2) is 26.0 Å². The minimum atomic E-state index is -3.85. The third-order valence-corrected chi connectivity index (χ3v) is 6.02. The smallest absolute Gasteiger partial charge is 0.210 e. The van der Waals surface area contributed by atoms with Crippen LogP contribution in [0.3, 0.4) is 0 Å². The molecular formula is C13H15FN2O2S2. The normalized spacial score (nSPS) is 19.5. The van der Waals surface area contributed by atoms with Gasteiger partial charge in [-0.3, -0.25) is 0 Å². The van der Waals surface area contributed by atoms with E-state index in [1.54, 1.807) is 17.8 Å². The first-order valence-electron chi connectivity index (χ1n) is 6.34. The third-order valence-electron chi connectivity index (χ3n) is 3.15. The number of nitrogens with zero attached hydrogens (tertiary/aromatic N) is 1. The van der Waals surface area contributed by atoms with E-state index >= 15 is 0 Å². The summed E-state index contributed by atoms with van der Waals surface area (Å²) in [7, 11) is -3.85. The summed E-state index contributed by atoms with van der Waals surface area (Å²) in [5, 5.41) is 9.14. The highest BCUT2D eigenvalue weighted by molar-refractivity contribution is 8.00. The summed E-state index contributed by atoms with van der Waals surface area (Å²) in [6, 6.07) is 5.23. The highest BCUT2D eigenvalue weighted by Gasteiger charge is 2.23. The summed E-state index contributed by atoms with van der Waals surface area (Å²) in [6.45, 7) is 0.314. The molecule has 1 aliphatic heterocycles. The number of nitrogens with one attached hydrogen (secondary N) is 1. The summed E-state index contributed by atoms with van der Waals surface area (Å²) in [5.74, 6) is 0.220. The van der Waals surface area contributed by atoms with Gasteiger partial charge in [-0.05, 0) is 30.7 Å². The third kappa shape index (κ3) is 3.51. The molecule has 0 amide bonds. The van der Waals surface area contributed by atoms with Gasteiger partial charge in [-0.1, -0.05) is 12.5 Å². The first-order chi connectivity index (χ1) is 9.54. The SMILES string of the molecule is N#Cc1c(F)cccc1S(=O)(=O)NCC1CCCCS1. The Hall–Kier alpha value is -1.10. The van der Waals surface area contributed by atoms with Crippen LogP contribution in [0.15, 0.2) is 23.1 Å². The van der Waals surface area contributed by atoms with Crippen molar-refractivity contribution in [3.63, 3.8) is 0 Å². The Morgan fingerprint density at radius 1 is 1.45 bits per heavy atom. The summed E-state index contributed by atoms with van der Waals surface area (Å²) in [5.41, 5.74) is -0.434. The summed E-state index contributed by atoms with van der Waals surface area (Å²) >= 11 is 1.75. The molecular weight excluding hydrogens is 299 g/mol. The van der Waals surface area contributed by atoms with Gasteiger partial charge in [-0.2, -0.15) is 17.0 Å². The van der Waals surface area contributed by atoms with Crippen LogP contribution in [0, 0.1) is 17.1 Å². The van der Waals surface area contributed by atoms with Crippen LogP contribution in [-0.2, 0) is 10.0 Å². The maximum atomic E-state index is 13.5. The Labute approximate surface area is 122 Å². The number of rotatable bonds is 4. The molecule has 0 aliphatic carbocycles. The summed E-state index contributed by atoms with van der Waals surface area (Å²) in [4.78, 5) is -0.291. The first-order valence-corrected chi connectivity index (χ1v) is 8.87. The Morgan fingerprint density at radius 3 is 2.90 bits per heavy atom. The van der Waals surface area contributed by atoms with Crippen molar-refractivity contribution in [3.05, 3.63) is 29.6 Å². The first kappa shape index (κ1) is 15.3. The lowest BCUT2D eigenvalue weighted by molar-refractivity contribution is 0.569. The number of halogens is 1. The number of hydrogen-bond acceptors (Lipinski definition) is 4. The van der Waals surface area contributed by atoms with Crippen molar-refractivity contribution >= 4 is 21.8 Å². The lowest BCUT2D eigenvalue weighted by Gasteiger charge is -2.21. The van der Waals surface area contributed by atoms with Gasteiger partial charge in [0.2, 0.25) is 10.0 Å². The number of sulfonamides is 1. The van der Waals surface area contributed by atoms with Crippen molar-refractivity contribution in [1.82, 2.24) is 4.72 Å². The second-order valence-corrected chi connectivity index (χ2v) is 7.71. The topological polar surface area (TPSA) is 70.0 Å². The standard InChI is InChI=1S/C13H15FN2O2S2/c14-12-5-3-6-13(11(12)8-15)20(17,18)16-9-10-4-1-2-7-19-10/h3,5-6,10,16H,1-2,4,7,9H2. The van der Waals surface area contributed by atoms with Crippen LogP contribution < -0.4 is 4.72 Å². The molecule has 20 heavy (non-hydrogen) atoms. The Bertz CT molecular complexity index is 620. The summed E-state index contributed by atoms with van der Waals surface area (Å²) < 4.78 is 40.3. The van der Waals surface area contributed by atoms with E-state index in [0.717, 1.165) is 31.1 Å². The van der Waals surface area contributed by atoms with Crippen LogP contribution in [0.1, 0.15) is 24.8 Å². The maximum absolute atomic E-state index is 13.5. The van der Waals surface area contributed by atoms with Crippen LogP contribution >= 0.6 is 11.8 Å². The van der Waals surface area contributed by atoms with Gasteiger partial charge < -0.3 is 0 Å². The van der Waals surface area contributed by atoms with Crippen molar-refractivity contribution in [2.75, 3.05) is 12.3 Å². The molecule has 1 aromatic carbocycles. The lowest BCUT2D eigenvalue weighted by Crippen LogP contribution is -2.32. The fourth-order valence-corrected chi connectivity index (χ4v) is 4.68. The van der Waals surface area contributed by atoms with E-state index in [2.05, 4.69) is 4.72 Å². The molecule has 1 fully saturated rings. The Morgan fingerprint density at radius 2 is 2.25 bits per heavy atom. The molecule has 1 unspecified atom stereocenters. The van der Waals surface area contributed by atoms with Crippen molar-refractivity contribution in [1.29, 1.82) is 5.26 Å². The second kappa shape index (κ2) is 6.57. The molecule has 7 heteroatoms. The van der Waals surface area contributed by atoms with Gasteiger partial charge in [0.25, 0.3) is 0 Å². The molecule has 1 N–H and O–H groups in total. The molecule has 1 aliphatic rings. The molecule has 0 spiro atoms. The molecule has 0 aromatic heterocycles. The van der Waals surface area contributed by atoms with Gasteiger partial charge in [-0.25, -0.2) is 17.5 Å². The molecule has 1 atom stereocenters. The molecule has 1 aromatic rings. The van der Waals surface area contributed by atoms with Crippen molar-refractivity contribution in [3.8, 4) is 6.07 Å². The highest BCUT2D eigenvalue weighted by atomic mass is 32.2. The zero-order chi connectivity index (χ0) is 14.6. The van der Waals surface area contributed by atoms with Crippen LogP contribution in [0.2, 0.25) is 0 Å². The molecule has 0 saturated carbocycles. The number of thioether (sulfide) groups is 1. The monoisotopic (exact) mass is 314 g/mol. The molecule has 4 nitrogen and oxygen atoms in total. The van der Waals surface area contributed by atoms with E-state index in [4.69, 9.17) is 5.26 Å². The van der Waals surface area contributed by atoms with Crippen molar-refractivity contribution in [2.45, 2.75) is 29.4 Å². The van der Waals surface area contributed by atoms with E-state index < -0.39 is 21.4 Å². The number of benzene rings is 1. The molecule has 2 rings (SSSR count). The maximum Gasteiger partial charge on any atom is 0.242 e. The second-order valence-electron chi connectivity index (χ2n) is 4.57. The van der Waals surface area contributed by atoms with Crippen molar-refractivity contribution < 1.29 is 12.8 Å². The minimum Gasteiger partial charge on any atom is -0.210 e. The average molecular weight is 314 g/mol. The van der Waals surface area contributed by atoms with Gasteiger partial charge in [0.05, 0.1) is 0 Å². The highest BCUT2D eigenvalue weighted by Crippen LogP contribution is 2.25. The van der Waals surface area contributed by atoms with Crippen LogP contribution in [0.4, 0.5) is 4.39 Å². The molecule has 1 heterocycles. The van der Waals surface area contributed by atoms with Gasteiger partial charge in [0, 0.05) is 11.8 Å². The predicted molar refractivity (Wildman–Crippen MR) is 76.4 cm³/mol. The Kier molecular flexibility index (Phi) is 5.02. The summed E-state index contributed by atoms with van der Waals surface area (Å²) in [6.07, 6.45) is 3.24. The van der Waals surface area contributed by atoms with Gasteiger partial charge in [-0.15, -0.1) is 0 Å². The van der Waals surface area contributed by atoms with Gasteiger partial charge >= 0.3 is 0 Å². The van der Waals surface area contributed by atoms with E-state index in [0.29, 0.717) is 6.54 Å². The quantitative estimate of drug-likeness (QED) is 0.925. The lowest BCUT2D eigenvalue weighted by atomic mass is 10.2. The van der Waals surface area contributed by atoms with Crippen LogP contribution in [0.5, 0.6) is 0 Å². The Balaban J connectivity index is 2.14. The molecule has 0 bridgehead atoms. The average Bonchev–Trinajstić information content (AvgIpc) is 2.46. The minimum absolute atomic E-state index is 0.248. The van der Waals surface area contributed by atoms with E-state index in [1.807, 2.05) is 0 Å². The number of hydrogen-bond donors (Lipinski definition) is 1. The number of nitriles is 1. The zero-order valence-electron chi connectivity index (χ0n) is 10.8. The van der Waals surface area contributed by atoms with Gasteiger partial charge in [0.15, 0.2) is 0 Å². The molecule has 108 valence electrons. The van der Waals surface area contributed by atoms with Crippen LogP contribution in [0.25, 0.3) is 0 Å². The molecule has 0 radical (unpaired) electrons. The van der Waals surface area contributed by atoms with Gasteiger partial charge in [0.1, 0.15) is 22.3 Å². The fraction of sp³-hybridized carbons (Fsp3) is 0.462. The zero-order valence-corrected chi connectivity index (χ0v) is 12.4. The van der Waals surface area contributed by atoms with Crippen molar-refractivity contribution in [2.24, 2.45) is 0 Å².